The normalized spacial score (nSPS) is 10.8. The second kappa shape index (κ2) is 8.36. The van der Waals surface area contributed by atoms with Crippen molar-refractivity contribution >= 4 is 27.9 Å². The van der Waals surface area contributed by atoms with Crippen molar-refractivity contribution in [1.82, 2.24) is 9.38 Å². The first-order valence-corrected chi connectivity index (χ1v) is 10.1. The smallest absolute Gasteiger partial charge is 0.224 e. The van der Waals surface area contributed by atoms with Gasteiger partial charge in [-0.15, -0.1) is 11.3 Å². The number of amides is 1. The number of fused-ring (bicyclic) bond motifs is 1. The number of aromatic nitrogens is 2. The minimum absolute atomic E-state index is 0.0840. The van der Waals surface area contributed by atoms with E-state index in [4.69, 9.17) is 14.5 Å². The Hall–Kier alpha value is -3.32. The number of hydrogen-bond acceptors (Lipinski definition) is 5. The van der Waals surface area contributed by atoms with Crippen molar-refractivity contribution in [3.8, 4) is 22.8 Å². The van der Waals surface area contributed by atoms with Crippen LogP contribution < -0.4 is 14.8 Å². The number of rotatable bonds is 7. The zero-order valence-electron chi connectivity index (χ0n) is 16.2. The van der Waals surface area contributed by atoms with Gasteiger partial charge in [0.1, 0.15) is 11.5 Å². The molecule has 6 nitrogen and oxygen atoms in total. The van der Waals surface area contributed by atoms with Gasteiger partial charge in [-0.2, -0.15) is 0 Å². The SMILES string of the molecule is COc1ccc(OC)c(NC(=O)CCc2csc3nc(-c4ccccc4)cn23)c1. The number of benzene rings is 2. The fourth-order valence-electron chi connectivity index (χ4n) is 3.12. The Balaban J connectivity index is 1.46. The standard InChI is InChI=1S/C22H21N3O3S/c1-27-17-9-10-20(28-2)18(12-17)23-21(26)11-8-16-14-29-22-24-19(13-25(16)22)15-6-4-3-5-7-15/h3-7,9-10,12-14H,8,11H2,1-2H3,(H,23,26). The van der Waals surface area contributed by atoms with Crippen molar-refractivity contribution in [3.63, 3.8) is 0 Å². The highest BCUT2D eigenvalue weighted by atomic mass is 32.1. The lowest BCUT2D eigenvalue weighted by atomic mass is 10.2. The summed E-state index contributed by atoms with van der Waals surface area (Å²) in [5, 5.41) is 4.96. The highest BCUT2D eigenvalue weighted by Crippen LogP contribution is 2.29. The molecular formula is C22H21N3O3S. The van der Waals surface area contributed by atoms with Gasteiger partial charge in [0.15, 0.2) is 4.96 Å². The summed E-state index contributed by atoms with van der Waals surface area (Å²) in [5.74, 6) is 1.17. The predicted molar refractivity (Wildman–Crippen MR) is 115 cm³/mol. The number of ether oxygens (including phenoxy) is 2. The van der Waals surface area contributed by atoms with Crippen LogP contribution in [-0.2, 0) is 11.2 Å². The first kappa shape index (κ1) is 19.0. The van der Waals surface area contributed by atoms with Gasteiger partial charge in [-0.3, -0.25) is 9.20 Å². The zero-order chi connectivity index (χ0) is 20.2. The second-order valence-electron chi connectivity index (χ2n) is 6.49. The molecule has 0 aliphatic rings. The first-order valence-electron chi connectivity index (χ1n) is 9.20. The summed E-state index contributed by atoms with van der Waals surface area (Å²) < 4.78 is 12.6. The Kier molecular flexibility index (Phi) is 5.48. The van der Waals surface area contributed by atoms with Gasteiger partial charge in [0.05, 0.1) is 25.6 Å². The number of anilines is 1. The van der Waals surface area contributed by atoms with Crippen LogP contribution in [0.3, 0.4) is 0 Å². The third kappa shape index (κ3) is 4.09. The molecule has 7 heteroatoms. The van der Waals surface area contributed by atoms with Crippen LogP contribution in [0.2, 0.25) is 0 Å². The molecule has 1 N–H and O–H groups in total. The highest BCUT2D eigenvalue weighted by molar-refractivity contribution is 7.15. The highest BCUT2D eigenvalue weighted by Gasteiger charge is 2.13. The Bertz CT molecular complexity index is 1130. The monoisotopic (exact) mass is 407 g/mol. The topological polar surface area (TPSA) is 64.9 Å². The number of carbonyl (C=O) groups is 1. The molecule has 4 aromatic rings. The van der Waals surface area contributed by atoms with Crippen molar-refractivity contribution in [2.24, 2.45) is 0 Å². The summed E-state index contributed by atoms with van der Waals surface area (Å²) in [6.07, 6.45) is 2.99. The van der Waals surface area contributed by atoms with E-state index in [-0.39, 0.29) is 5.91 Å². The lowest BCUT2D eigenvalue weighted by Crippen LogP contribution is -2.13. The van der Waals surface area contributed by atoms with Crippen LogP contribution in [0.5, 0.6) is 11.5 Å². The number of nitrogens with zero attached hydrogens (tertiary/aromatic N) is 2. The third-order valence-electron chi connectivity index (χ3n) is 4.64. The van der Waals surface area contributed by atoms with Gasteiger partial charge in [-0.25, -0.2) is 4.98 Å². The molecule has 2 heterocycles. The summed E-state index contributed by atoms with van der Waals surface area (Å²) in [4.78, 5) is 18.1. The van der Waals surface area contributed by atoms with Gasteiger partial charge in [0, 0.05) is 35.3 Å². The fourth-order valence-corrected chi connectivity index (χ4v) is 4.03. The van der Waals surface area contributed by atoms with E-state index in [1.165, 1.54) is 0 Å². The lowest BCUT2D eigenvalue weighted by Gasteiger charge is -2.11. The van der Waals surface area contributed by atoms with E-state index in [0.29, 0.717) is 30.0 Å². The van der Waals surface area contributed by atoms with Crippen molar-refractivity contribution in [2.75, 3.05) is 19.5 Å². The number of hydrogen-bond donors (Lipinski definition) is 1. The second-order valence-corrected chi connectivity index (χ2v) is 7.32. The van der Waals surface area contributed by atoms with E-state index in [0.717, 1.165) is 21.9 Å². The van der Waals surface area contributed by atoms with Crippen LogP contribution in [-0.4, -0.2) is 29.5 Å². The van der Waals surface area contributed by atoms with Gasteiger partial charge in [-0.05, 0) is 18.6 Å². The molecule has 0 unspecified atom stereocenters. The zero-order valence-corrected chi connectivity index (χ0v) is 17.0. The summed E-state index contributed by atoms with van der Waals surface area (Å²) >= 11 is 1.58. The van der Waals surface area contributed by atoms with E-state index in [1.807, 2.05) is 36.5 Å². The number of methoxy groups -OCH3 is 2. The number of imidazole rings is 1. The molecule has 148 valence electrons. The molecule has 0 saturated carbocycles. The molecule has 0 fully saturated rings. The molecule has 0 saturated heterocycles. The Morgan fingerprint density at radius 2 is 1.97 bits per heavy atom. The number of aryl methyl sites for hydroxylation is 1. The summed E-state index contributed by atoms with van der Waals surface area (Å²) in [6.45, 7) is 0. The molecule has 0 spiro atoms. The molecule has 2 aromatic carbocycles. The molecule has 1 amide bonds. The van der Waals surface area contributed by atoms with E-state index >= 15 is 0 Å². The third-order valence-corrected chi connectivity index (χ3v) is 5.53. The van der Waals surface area contributed by atoms with Gasteiger partial charge in [0.2, 0.25) is 5.91 Å². The molecule has 0 atom stereocenters. The van der Waals surface area contributed by atoms with Crippen molar-refractivity contribution in [1.29, 1.82) is 0 Å². The average Bonchev–Trinajstić information content (AvgIpc) is 3.34. The van der Waals surface area contributed by atoms with Crippen LogP contribution in [0.25, 0.3) is 16.2 Å². The molecular weight excluding hydrogens is 386 g/mol. The first-order chi connectivity index (χ1) is 14.2. The number of nitrogens with one attached hydrogen (secondary N) is 1. The number of carbonyl (C=O) groups excluding carboxylic acids is 1. The summed E-state index contributed by atoms with van der Waals surface area (Å²) in [6, 6.07) is 15.4. The minimum atomic E-state index is -0.0840. The van der Waals surface area contributed by atoms with Crippen LogP contribution in [0.15, 0.2) is 60.1 Å². The van der Waals surface area contributed by atoms with Gasteiger partial charge in [-0.1, -0.05) is 30.3 Å². The molecule has 0 bridgehead atoms. The van der Waals surface area contributed by atoms with Crippen molar-refractivity contribution in [3.05, 3.63) is 65.8 Å². The van der Waals surface area contributed by atoms with Crippen LogP contribution in [0, 0.1) is 0 Å². The lowest BCUT2D eigenvalue weighted by molar-refractivity contribution is -0.116. The number of thiazole rings is 1. The van der Waals surface area contributed by atoms with Crippen molar-refractivity contribution < 1.29 is 14.3 Å². The van der Waals surface area contributed by atoms with Gasteiger partial charge >= 0.3 is 0 Å². The molecule has 0 radical (unpaired) electrons. The molecule has 29 heavy (non-hydrogen) atoms. The van der Waals surface area contributed by atoms with Crippen molar-refractivity contribution in [2.45, 2.75) is 12.8 Å². The average molecular weight is 407 g/mol. The van der Waals surface area contributed by atoms with E-state index < -0.39 is 0 Å². The van der Waals surface area contributed by atoms with Crippen LogP contribution in [0.1, 0.15) is 12.1 Å². The van der Waals surface area contributed by atoms with E-state index in [1.54, 1.807) is 43.8 Å². The summed E-state index contributed by atoms with van der Waals surface area (Å²) in [5.41, 5.74) is 3.68. The maximum Gasteiger partial charge on any atom is 0.224 e. The Morgan fingerprint density at radius 1 is 1.14 bits per heavy atom. The quantitative estimate of drug-likeness (QED) is 0.484. The van der Waals surface area contributed by atoms with Gasteiger partial charge in [0.25, 0.3) is 0 Å². The van der Waals surface area contributed by atoms with E-state index in [2.05, 4.69) is 15.1 Å². The minimum Gasteiger partial charge on any atom is -0.497 e. The maximum atomic E-state index is 12.5. The fraction of sp³-hybridized carbons (Fsp3) is 0.182. The maximum absolute atomic E-state index is 12.5. The Labute approximate surface area is 172 Å². The largest absolute Gasteiger partial charge is 0.497 e. The summed E-state index contributed by atoms with van der Waals surface area (Å²) in [7, 11) is 3.16. The molecule has 0 aliphatic heterocycles. The van der Waals surface area contributed by atoms with E-state index in [9.17, 15) is 4.79 Å². The molecule has 2 aromatic heterocycles. The predicted octanol–water partition coefficient (Wildman–Crippen LogP) is 4.65. The van der Waals surface area contributed by atoms with Crippen LogP contribution >= 0.6 is 11.3 Å². The van der Waals surface area contributed by atoms with Crippen LogP contribution in [0.4, 0.5) is 5.69 Å². The van der Waals surface area contributed by atoms with Gasteiger partial charge < -0.3 is 14.8 Å². The molecule has 0 aliphatic carbocycles. The molecule has 4 rings (SSSR count). The Morgan fingerprint density at radius 3 is 2.72 bits per heavy atom.